The molecule has 0 saturated heterocycles. The summed E-state index contributed by atoms with van der Waals surface area (Å²) in [7, 11) is 0. The SMILES string of the molecule is CC(=O)SCC=Cc1cnc(F)cc1C. The van der Waals surface area contributed by atoms with Crippen molar-refractivity contribution in [1.29, 1.82) is 0 Å². The van der Waals surface area contributed by atoms with E-state index in [0.29, 0.717) is 5.75 Å². The van der Waals surface area contributed by atoms with E-state index < -0.39 is 5.95 Å². The van der Waals surface area contributed by atoms with E-state index in [4.69, 9.17) is 0 Å². The van der Waals surface area contributed by atoms with Crippen LogP contribution in [-0.4, -0.2) is 15.9 Å². The van der Waals surface area contributed by atoms with E-state index in [1.807, 2.05) is 19.1 Å². The van der Waals surface area contributed by atoms with Crippen LogP contribution in [0.15, 0.2) is 18.3 Å². The maximum Gasteiger partial charge on any atom is 0.213 e. The number of thioether (sulfide) groups is 1. The molecule has 1 aromatic rings. The molecule has 2 nitrogen and oxygen atoms in total. The van der Waals surface area contributed by atoms with E-state index in [1.54, 1.807) is 0 Å². The Balaban J connectivity index is 2.60. The first kappa shape index (κ1) is 11.9. The predicted octanol–water partition coefficient (Wildman–Crippen LogP) is 2.82. The molecule has 0 amide bonds. The van der Waals surface area contributed by atoms with E-state index in [2.05, 4.69) is 4.98 Å². The molecule has 0 fully saturated rings. The minimum Gasteiger partial charge on any atom is -0.288 e. The smallest absolute Gasteiger partial charge is 0.213 e. The van der Waals surface area contributed by atoms with Crippen molar-refractivity contribution in [2.24, 2.45) is 0 Å². The van der Waals surface area contributed by atoms with Crippen LogP contribution in [0.3, 0.4) is 0 Å². The second kappa shape index (κ2) is 5.66. The zero-order valence-electron chi connectivity index (χ0n) is 8.66. The second-order valence-corrected chi connectivity index (χ2v) is 4.27. The summed E-state index contributed by atoms with van der Waals surface area (Å²) in [5, 5.41) is 0.0913. The van der Waals surface area contributed by atoms with Gasteiger partial charge in [-0.1, -0.05) is 23.9 Å². The van der Waals surface area contributed by atoms with E-state index in [1.165, 1.54) is 30.9 Å². The van der Waals surface area contributed by atoms with Crippen LogP contribution in [0.1, 0.15) is 18.1 Å². The highest BCUT2D eigenvalue weighted by atomic mass is 32.2. The Labute approximate surface area is 92.6 Å². The van der Waals surface area contributed by atoms with Crippen LogP contribution in [0.4, 0.5) is 4.39 Å². The van der Waals surface area contributed by atoms with E-state index in [-0.39, 0.29) is 5.12 Å². The third-order valence-electron chi connectivity index (χ3n) is 1.80. The van der Waals surface area contributed by atoms with Crippen LogP contribution in [0.2, 0.25) is 0 Å². The topological polar surface area (TPSA) is 30.0 Å². The average molecular weight is 225 g/mol. The van der Waals surface area contributed by atoms with E-state index in [0.717, 1.165) is 11.1 Å². The van der Waals surface area contributed by atoms with Gasteiger partial charge in [0, 0.05) is 18.9 Å². The number of halogens is 1. The van der Waals surface area contributed by atoms with Gasteiger partial charge in [0.2, 0.25) is 5.95 Å². The monoisotopic (exact) mass is 225 g/mol. The van der Waals surface area contributed by atoms with Crippen molar-refractivity contribution in [3.8, 4) is 0 Å². The molecule has 1 aromatic heterocycles. The molecule has 0 N–H and O–H groups in total. The first-order valence-electron chi connectivity index (χ1n) is 4.51. The average Bonchev–Trinajstić information content (AvgIpc) is 2.14. The highest BCUT2D eigenvalue weighted by Crippen LogP contribution is 2.10. The van der Waals surface area contributed by atoms with Crippen LogP contribution in [0.25, 0.3) is 6.08 Å². The lowest BCUT2D eigenvalue weighted by atomic mass is 10.1. The van der Waals surface area contributed by atoms with Crippen LogP contribution >= 0.6 is 11.8 Å². The van der Waals surface area contributed by atoms with Crippen LogP contribution < -0.4 is 0 Å². The van der Waals surface area contributed by atoms with E-state index >= 15 is 0 Å². The van der Waals surface area contributed by atoms with Gasteiger partial charge in [-0.15, -0.1) is 0 Å². The third-order valence-corrected chi connectivity index (χ3v) is 2.56. The molecular formula is C11H12FNOS. The van der Waals surface area contributed by atoms with Gasteiger partial charge in [0.1, 0.15) is 0 Å². The second-order valence-electron chi connectivity index (χ2n) is 3.07. The van der Waals surface area contributed by atoms with E-state index in [9.17, 15) is 9.18 Å². The predicted molar refractivity (Wildman–Crippen MR) is 61.1 cm³/mol. The van der Waals surface area contributed by atoms with Gasteiger partial charge in [-0.05, 0) is 24.1 Å². The molecule has 0 bridgehead atoms. The summed E-state index contributed by atoms with van der Waals surface area (Å²) >= 11 is 1.24. The number of nitrogens with zero attached hydrogens (tertiary/aromatic N) is 1. The van der Waals surface area contributed by atoms with Crippen molar-refractivity contribution in [3.05, 3.63) is 35.4 Å². The molecule has 4 heteroatoms. The third kappa shape index (κ3) is 4.25. The summed E-state index contributed by atoms with van der Waals surface area (Å²) in [5.74, 6) is 0.161. The van der Waals surface area contributed by atoms with Crippen molar-refractivity contribution in [2.45, 2.75) is 13.8 Å². The first-order chi connectivity index (χ1) is 7.09. The lowest BCUT2D eigenvalue weighted by Gasteiger charge is -1.98. The van der Waals surface area contributed by atoms with Crippen LogP contribution in [0, 0.1) is 12.9 Å². The molecule has 0 aromatic carbocycles. The van der Waals surface area contributed by atoms with Crippen LogP contribution in [0.5, 0.6) is 0 Å². The van der Waals surface area contributed by atoms with Gasteiger partial charge in [-0.25, -0.2) is 4.98 Å². The lowest BCUT2D eigenvalue weighted by molar-refractivity contribution is -0.109. The Kier molecular flexibility index (Phi) is 4.49. The molecule has 0 spiro atoms. The Morgan fingerprint density at radius 1 is 1.67 bits per heavy atom. The van der Waals surface area contributed by atoms with Gasteiger partial charge in [0.15, 0.2) is 5.12 Å². The number of hydrogen-bond donors (Lipinski definition) is 0. The Morgan fingerprint density at radius 3 is 3.00 bits per heavy atom. The maximum atomic E-state index is 12.7. The zero-order valence-corrected chi connectivity index (χ0v) is 9.47. The number of rotatable bonds is 3. The molecule has 0 unspecified atom stereocenters. The van der Waals surface area contributed by atoms with Gasteiger partial charge in [0.05, 0.1) is 0 Å². The molecule has 0 aliphatic heterocycles. The lowest BCUT2D eigenvalue weighted by Crippen LogP contribution is -1.88. The first-order valence-corrected chi connectivity index (χ1v) is 5.50. The number of aryl methyl sites for hydroxylation is 1. The summed E-state index contributed by atoms with van der Waals surface area (Å²) in [6, 6.07) is 1.39. The van der Waals surface area contributed by atoms with Gasteiger partial charge in [-0.3, -0.25) is 4.79 Å². The molecule has 80 valence electrons. The highest BCUT2D eigenvalue weighted by molar-refractivity contribution is 8.13. The summed E-state index contributed by atoms with van der Waals surface area (Å²) < 4.78 is 12.7. The molecule has 15 heavy (non-hydrogen) atoms. The molecule has 0 aliphatic carbocycles. The molecule has 0 aliphatic rings. The standard InChI is InChI=1S/C11H12FNOS/c1-8-6-11(12)13-7-10(8)4-3-5-15-9(2)14/h3-4,6-7H,5H2,1-2H3. The molecule has 1 heterocycles. The summed E-state index contributed by atoms with van der Waals surface area (Å²) in [6.07, 6.45) is 5.20. The summed E-state index contributed by atoms with van der Waals surface area (Å²) in [6.45, 7) is 3.35. The number of carbonyl (C=O) groups excluding carboxylic acids is 1. The normalized spacial score (nSPS) is 10.9. The number of hydrogen-bond acceptors (Lipinski definition) is 3. The van der Waals surface area contributed by atoms with Crippen molar-refractivity contribution in [2.75, 3.05) is 5.75 Å². The minimum absolute atomic E-state index is 0.0913. The Morgan fingerprint density at radius 2 is 2.40 bits per heavy atom. The zero-order chi connectivity index (χ0) is 11.3. The van der Waals surface area contributed by atoms with Gasteiger partial charge in [-0.2, -0.15) is 4.39 Å². The van der Waals surface area contributed by atoms with Crippen molar-refractivity contribution in [1.82, 2.24) is 4.98 Å². The quantitative estimate of drug-likeness (QED) is 0.741. The van der Waals surface area contributed by atoms with Gasteiger partial charge < -0.3 is 0 Å². The Hall–Kier alpha value is -1.16. The Bertz CT molecular complexity index is 390. The number of carbonyl (C=O) groups is 1. The number of aromatic nitrogens is 1. The highest BCUT2D eigenvalue weighted by Gasteiger charge is 1.97. The van der Waals surface area contributed by atoms with Crippen molar-refractivity contribution >= 4 is 23.0 Å². The fourth-order valence-electron chi connectivity index (χ4n) is 1.05. The molecule has 0 saturated carbocycles. The molecule has 0 radical (unpaired) electrons. The van der Waals surface area contributed by atoms with Crippen LogP contribution in [-0.2, 0) is 4.79 Å². The minimum atomic E-state index is -0.470. The maximum absolute atomic E-state index is 12.7. The molecule has 0 atom stereocenters. The molecule has 1 rings (SSSR count). The number of pyridine rings is 1. The largest absolute Gasteiger partial charge is 0.288 e. The fourth-order valence-corrected chi connectivity index (χ4v) is 1.47. The fraction of sp³-hybridized carbons (Fsp3) is 0.273. The summed E-state index contributed by atoms with van der Waals surface area (Å²) in [5.41, 5.74) is 1.71. The van der Waals surface area contributed by atoms with Crippen molar-refractivity contribution < 1.29 is 9.18 Å². The van der Waals surface area contributed by atoms with Gasteiger partial charge >= 0.3 is 0 Å². The molecular weight excluding hydrogens is 213 g/mol. The van der Waals surface area contributed by atoms with Gasteiger partial charge in [0.25, 0.3) is 0 Å². The summed E-state index contributed by atoms with van der Waals surface area (Å²) in [4.78, 5) is 14.2. The van der Waals surface area contributed by atoms with Crippen molar-refractivity contribution in [3.63, 3.8) is 0 Å².